The van der Waals surface area contributed by atoms with Gasteiger partial charge in [0.1, 0.15) is 11.3 Å². The Kier molecular flexibility index (Phi) is 5.61. The van der Waals surface area contributed by atoms with Crippen LogP contribution in [0.25, 0.3) is 23.5 Å². The molecule has 6 nitrogen and oxygen atoms in total. The molecule has 29 heavy (non-hydrogen) atoms. The highest BCUT2D eigenvalue weighted by atomic mass is 79.9. The Balaban J connectivity index is 1.76. The number of pyridine rings is 1. The number of nitrogens with one attached hydrogen (secondary N) is 1. The highest BCUT2D eigenvalue weighted by Crippen LogP contribution is 2.19. The number of furan rings is 1. The van der Waals surface area contributed by atoms with Crippen molar-refractivity contribution in [2.45, 2.75) is 39.2 Å². The van der Waals surface area contributed by atoms with Crippen LogP contribution in [0.2, 0.25) is 0 Å². The second-order valence-electron chi connectivity index (χ2n) is 7.61. The van der Waals surface area contributed by atoms with Crippen molar-refractivity contribution in [2.24, 2.45) is 10.7 Å². The third kappa shape index (κ3) is 4.02. The Morgan fingerprint density at radius 2 is 2.34 bits per heavy atom. The molecule has 0 spiro atoms. The van der Waals surface area contributed by atoms with Crippen LogP contribution in [0.15, 0.2) is 38.5 Å². The van der Waals surface area contributed by atoms with E-state index in [0.29, 0.717) is 6.42 Å². The lowest BCUT2D eigenvalue weighted by Crippen LogP contribution is -2.34. The number of hydrogen-bond donors (Lipinski definition) is 2. The quantitative estimate of drug-likeness (QED) is 0.579. The Labute approximate surface area is 178 Å². The maximum absolute atomic E-state index is 6.19. The van der Waals surface area contributed by atoms with Gasteiger partial charge in [0.05, 0.1) is 11.5 Å². The van der Waals surface area contributed by atoms with Crippen LogP contribution in [0.1, 0.15) is 31.5 Å². The average Bonchev–Trinajstić information content (AvgIpc) is 3.39. The molecule has 1 aliphatic rings. The molecule has 3 N–H and O–H groups in total. The summed E-state index contributed by atoms with van der Waals surface area (Å²) in [6.45, 7) is 10.1. The predicted molar refractivity (Wildman–Crippen MR) is 121 cm³/mol. The minimum absolute atomic E-state index is 0.169. The Bertz CT molecular complexity index is 1180. The lowest BCUT2D eigenvalue weighted by atomic mass is 10.1. The van der Waals surface area contributed by atoms with Crippen LogP contribution in [0.4, 0.5) is 0 Å². The van der Waals surface area contributed by atoms with Crippen molar-refractivity contribution in [3.05, 3.63) is 50.9 Å². The van der Waals surface area contributed by atoms with Gasteiger partial charge in [-0.15, -0.1) is 0 Å². The first-order valence-corrected chi connectivity index (χ1v) is 10.7. The van der Waals surface area contributed by atoms with Crippen molar-refractivity contribution in [2.75, 3.05) is 13.1 Å². The van der Waals surface area contributed by atoms with Crippen LogP contribution in [0.5, 0.6) is 0 Å². The SMILES string of the molecule is C=c1[nH]c(CC)c(Br)/c1=C(/N=C(\C)Cc1cnc2ccoc2c1)N1CCC(N)C1. The van der Waals surface area contributed by atoms with E-state index in [-0.39, 0.29) is 6.04 Å². The molecule has 0 bridgehead atoms. The summed E-state index contributed by atoms with van der Waals surface area (Å²) in [6, 6.07) is 4.07. The number of hydrogen-bond acceptors (Lipinski definition) is 5. The highest BCUT2D eigenvalue weighted by molar-refractivity contribution is 9.10. The molecule has 0 amide bonds. The zero-order chi connectivity index (χ0) is 20.5. The number of likely N-dealkylation sites (tertiary alicyclic amines) is 1. The van der Waals surface area contributed by atoms with E-state index >= 15 is 0 Å². The van der Waals surface area contributed by atoms with Crippen LogP contribution in [-0.2, 0) is 12.8 Å². The monoisotopic (exact) mass is 455 g/mol. The molecule has 4 heterocycles. The van der Waals surface area contributed by atoms with Gasteiger partial charge in [0.2, 0.25) is 0 Å². The second-order valence-corrected chi connectivity index (χ2v) is 8.41. The van der Waals surface area contributed by atoms with Gasteiger partial charge in [-0.2, -0.15) is 0 Å². The van der Waals surface area contributed by atoms with Crippen LogP contribution in [0, 0.1) is 0 Å². The lowest BCUT2D eigenvalue weighted by molar-refractivity contribution is 0.472. The van der Waals surface area contributed by atoms with Crippen molar-refractivity contribution in [3.8, 4) is 0 Å². The summed E-state index contributed by atoms with van der Waals surface area (Å²) in [5, 5.41) is 1.90. The number of halogens is 1. The predicted octanol–water partition coefficient (Wildman–Crippen LogP) is 2.69. The first kappa shape index (κ1) is 19.9. The lowest BCUT2D eigenvalue weighted by Gasteiger charge is -2.19. The van der Waals surface area contributed by atoms with Crippen molar-refractivity contribution < 1.29 is 4.42 Å². The third-order valence-corrected chi connectivity index (χ3v) is 6.18. The van der Waals surface area contributed by atoms with E-state index in [1.807, 2.05) is 25.3 Å². The minimum atomic E-state index is 0.169. The molecular formula is C22H26BrN5O. The van der Waals surface area contributed by atoms with Crippen molar-refractivity contribution in [3.63, 3.8) is 0 Å². The normalized spacial score (nSPS) is 18.7. The topological polar surface area (TPSA) is 83.4 Å². The molecular weight excluding hydrogens is 430 g/mol. The zero-order valence-electron chi connectivity index (χ0n) is 16.8. The summed E-state index contributed by atoms with van der Waals surface area (Å²) < 4.78 is 6.52. The van der Waals surface area contributed by atoms with Crippen molar-refractivity contribution in [1.29, 1.82) is 0 Å². The van der Waals surface area contributed by atoms with Gasteiger partial charge < -0.3 is 20.0 Å². The minimum Gasteiger partial charge on any atom is -0.463 e. The number of aromatic amines is 1. The molecule has 7 heteroatoms. The first-order valence-electron chi connectivity index (χ1n) is 9.92. The van der Waals surface area contributed by atoms with Gasteiger partial charge in [-0.3, -0.25) is 4.98 Å². The smallest absolute Gasteiger partial charge is 0.152 e. The molecule has 4 rings (SSSR count). The van der Waals surface area contributed by atoms with Crippen molar-refractivity contribution >= 4 is 45.1 Å². The number of aromatic nitrogens is 2. The maximum atomic E-state index is 6.19. The number of aliphatic imine (C=N–C) groups is 1. The van der Waals surface area contributed by atoms with Gasteiger partial charge in [0.15, 0.2) is 5.58 Å². The van der Waals surface area contributed by atoms with E-state index in [1.54, 1.807) is 6.26 Å². The summed E-state index contributed by atoms with van der Waals surface area (Å²) in [6.07, 6.45) is 6.11. The molecule has 152 valence electrons. The van der Waals surface area contributed by atoms with E-state index in [1.165, 1.54) is 0 Å². The summed E-state index contributed by atoms with van der Waals surface area (Å²) in [4.78, 5) is 15.2. The molecule has 3 aromatic rings. The van der Waals surface area contributed by atoms with E-state index in [2.05, 4.69) is 44.3 Å². The number of rotatable bonds is 5. The molecule has 1 saturated heterocycles. The molecule has 0 aliphatic carbocycles. The number of nitrogens with zero attached hydrogens (tertiary/aromatic N) is 3. The largest absolute Gasteiger partial charge is 0.463 e. The number of aryl methyl sites for hydroxylation is 1. The Morgan fingerprint density at radius 3 is 3.03 bits per heavy atom. The van der Waals surface area contributed by atoms with Gasteiger partial charge in [-0.1, -0.05) is 13.5 Å². The van der Waals surface area contributed by atoms with E-state index < -0.39 is 0 Å². The molecule has 1 aliphatic heterocycles. The van der Waals surface area contributed by atoms with E-state index in [4.69, 9.17) is 15.1 Å². The molecule has 1 fully saturated rings. The van der Waals surface area contributed by atoms with Crippen molar-refractivity contribution in [1.82, 2.24) is 14.9 Å². The summed E-state index contributed by atoms with van der Waals surface area (Å²) in [5.74, 6) is 0.926. The van der Waals surface area contributed by atoms with Gasteiger partial charge >= 0.3 is 0 Å². The number of nitrogens with two attached hydrogens (primary N) is 1. The molecule has 0 saturated carbocycles. The summed E-state index contributed by atoms with van der Waals surface area (Å²) in [5.41, 5.74) is 11.1. The zero-order valence-corrected chi connectivity index (χ0v) is 18.4. The van der Waals surface area contributed by atoms with Gasteiger partial charge in [0, 0.05) is 59.0 Å². The molecule has 1 unspecified atom stereocenters. The summed E-state index contributed by atoms with van der Waals surface area (Å²) >= 11 is 3.76. The fourth-order valence-electron chi connectivity index (χ4n) is 3.82. The Hall–Kier alpha value is -2.38. The van der Waals surface area contributed by atoms with Gasteiger partial charge in [-0.25, -0.2) is 4.99 Å². The van der Waals surface area contributed by atoms with Crippen LogP contribution >= 0.6 is 15.9 Å². The fraction of sp³-hybridized carbons (Fsp3) is 0.364. The molecule has 0 aromatic carbocycles. The summed E-state index contributed by atoms with van der Waals surface area (Å²) in [7, 11) is 0. The van der Waals surface area contributed by atoms with Crippen LogP contribution in [-0.4, -0.2) is 39.7 Å². The van der Waals surface area contributed by atoms with Gasteiger partial charge in [-0.05, 0) is 47.3 Å². The number of fused-ring (bicyclic) bond motifs is 1. The first-order chi connectivity index (χ1) is 14.0. The van der Waals surface area contributed by atoms with Gasteiger partial charge in [0.25, 0.3) is 0 Å². The molecule has 0 radical (unpaired) electrons. The van der Waals surface area contributed by atoms with E-state index in [0.717, 1.165) is 74.9 Å². The molecule has 1 atom stereocenters. The van der Waals surface area contributed by atoms with E-state index in [9.17, 15) is 0 Å². The third-order valence-electron chi connectivity index (χ3n) is 5.31. The second kappa shape index (κ2) is 8.16. The standard InChI is InChI=1S/C22H26BrN5O/c1-4-17-21(23)20(14(3)27-17)22(28-7-5-16(24)12-28)26-13(2)9-15-10-19-18(25-11-15)6-8-29-19/h6,8,10-11,16,27H,3-5,7,9,12,24H2,1-2H3/b22-20-,26-13+. The maximum Gasteiger partial charge on any atom is 0.152 e. The number of H-pyrrole nitrogens is 1. The molecule has 3 aromatic heterocycles. The fourth-order valence-corrected chi connectivity index (χ4v) is 4.62. The average molecular weight is 456 g/mol. The van der Waals surface area contributed by atoms with Crippen LogP contribution in [0.3, 0.4) is 0 Å². The highest BCUT2D eigenvalue weighted by Gasteiger charge is 2.23. The Morgan fingerprint density at radius 1 is 1.52 bits per heavy atom. The van der Waals surface area contributed by atoms with Crippen LogP contribution < -0.4 is 16.3 Å².